The average molecular weight is 629 g/mol. The van der Waals surface area contributed by atoms with Crippen molar-refractivity contribution in [3.8, 4) is 6.07 Å². The van der Waals surface area contributed by atoms with Crippen LogP contribution in [0.2, 0.25) is 10.0 Å². The summed E-state index contributed by atoms with van der Waals surface area (Å²) in [5, 5.41) is 26.5. The lowest BCUT2D eigenvalue weighted by atomic mass is 9.62. The number of nitriles is 1. The minimum Gasteiger partial charge on any atom is -0.481 e. The number of nitrogens with one attached hydrogen (secondary N) is 2. The largest absolute Gasteiger partial charge is 0.481 e. The third-order valence-corrected chi connectivity index (χ3v) is 8.67. The molecule has 0 radical (unpaired) electrons. The molecule has 3 N–H and O–H groups in total. The van der Waals surface area contributed by atoms with Gasteiger partial charge in [-0.05, 0) is 67.1 Å². The van der Waals surface area contributed by atoms with Gasteiger partial charge in [0.2, 0.25) is 5.91 Å². The molecule has 226 valence electrons. The summed E-state index contributed by atoms with van der Waals surface area (Å²) in [6.07, 6.45) is 0.337. The maximum Gasteiger partial charge on any atom is 0.313 e. The fraction of sp³-hybridized carbons (Fsp3) is 0.364. The topological polar surface area (TPSA) is 102 Å². The fourth-order valence-electron chi connectivity index (χ4n) is 5.87. The Balaban J connectivity index is 1.88. The van der Waals surface area contributed by atoms with E-state index >= 15 is 8.78 Å². The predicted octanol–water partition coefficient (Wildman–Crippen LogP) is 7.59. The molecule has 1 fully saturated rings. The molecule has 0 saturated carbocycles. The van der Waals surface area contributed by atoms with Gasteiger partial charge >= 0.3 is 5.97 Å². The summed E-state index contributed by atoms with van der Waals surface area (Å²) in [4.78, 5) is 25.7. The van der Waals surface area contributed by atoms with Crippen molar-refractivity contribution in [2.45, 2.75) is 69.9 Å². The molecule has 3 aromatic carbocycles. The molecule has 1 heterocycles. The molecular weight excluding hydrogens is 595 g/mol. The van der Waals surface area contributed by atoms with Gasteiger partial charge < -0.3 is 15.7 Å². The second-order valence-corrected chi connectivity index (χ2v) is 13.5. The molecule has 6 nitrogen and oxygen atoms in total. The van der Waals surface area contributed by atoms with Crippen LogP contribution in [-0.2, 0) is 20.4 Å². The zero-order valence-electron chi connectivity index (χ0n) is 24.4. The van der Waals surface area contributed by atoms with Gasteiger partial charge in [0.1, 0.15) is 17.0 Å². The van der Waals surface area contributed by atoms with Gasteiger partial charge in [-0.25, -0.2) is 8.78 Å². The van der Waals surface area contributed by atoms with Crippen LogP contribution >= 0.6 is 23.2 Å². The molecule has 3 aromatic rings. The molecule has 0 bridgehead atoms. The van der Waals surface area contributed by atoms with Crippen molar-refractivity contribution < 1.29 is 23.5 Å². The molecule has 0 spiro atoms. The number of halogens is 4. The van der Waals surface area contributed by atoms with Gasteiger partial charge in [0.25, 0.3) is 0 Å². The number of amides is 1. The normalized spacial score (nSPS) is 22.2. The Morgan fingerprint density at radius 1 is 1.05 bits per heavy atom. The third-order valence-electron chi connectivity index (χ3n) is 8.14. The quantitative estimate of drug-likeness (QED) is 0.250. The smallest absolute Gasteiger partial charge is 0.313 e. The van der Waals surface area contributed by atoms with Gasteiger partial charge in [-0.15, -0.1) is 0 Å². The van der Waals surface area contributed by atoms with Crippen LogP contribution in [0.1, 0.15) is 63.6 Å². The van der Waals surface area contributed by atoms with Gasteiger partial charge in [-0.1, -0.05) is 74.3 Å². The Bertz CT molecular complexity index is 1600. The minimum atomic E-state index is -1.75. The zero-order valence-corrected chi connectivity index (χ0v) is 25.9. The van der Waals surface area contributed by atoms with Gasteiger partial charge in [0.15, 0.2) is 0 Å². The number of nitrogens with zero attached hydrogens (tertiary/aromatic N) is 1. The SMILES string of the molecule is CC(C)(C)C[C@@H]1N[C@@H](C(=O)Nc2ccc(C(C)(C)C(=O)O)cc2)[C@H](c2cccc(Cl)c2F)[C@@]1(C#N)c1ccc(Cl)cc1F. The number of carboxylic acids is 1. The van der Waals surface area contributed by atoms with E-state index in [1.807, 2.05) is 20.8 Å². The van der Waals surface area contributed by atoms with Gasteiger partial charge in [0, 0.05) is 28.2 Å². The Morgan fingerprint density at radius 2 is 1.70 bits per heavy atom. The maximum absolute atomic E-state index is 15.8. The van der Waals surface area contributed by atoms with Crippen LogP contribution in [0.15, 0.2) is 60.7 Å². The van der Waals surface area contributed by atoms with E-state index in [4.69, 9.17) is 23.2 Å². The van der Waals surface area contributed by atoms with E-state index in [1.165, 1.54) is 30.3 Å². The molecule has 4 atom stereocenters. The third kappa shape index (κ3) is 6.12. The first-order chi connectivity index (χ1) is 20.0. The van der Waals surface area contributed by atoms with Crippen LogP contribution in [0.4, 0.5) is 14.5 Å². The van der Waals surface area contributed by atoms with Crippen LogP contribution in [-0.4, -0.2) is 29.1 Å². The molecule has 0 aliphatic carbocycles. The average Bonchev–Trinajstić information content (AvgIpc) is 3.23. The molecule has 10 heteroatoms. The minimum absolute atomic E-state index is 0.00832. The van der Waals surface area contributed by atoms with E-state index in [-0.39, 0.29) is 26.6 Å². The van der Waals surface area contributed by atoms with Crippen molar-refractivity contribution in [2.24, 2.45) is 5.41 Å². The molecule has 4 rings (SSSR count). The lowest BCUT2D eigenvalue weighted by molar-refractivity contribution is -0.142. The summed E-state index contributed by atoms with van der Waals surface area (Å²) in [5.41, 5.74) is -2.40. The number of anilines is 1. The monoisotopic (exact) mass is 627 g/mol. The van der Waals surface area contributed by atoms with E-state index < -0.39 is 52.3 Å². The second-order valence-electron chi connectivity index (χ2n) is 12.7. The number of benzene rings is 3. The zero-order chi connectivity index (χ0) is 31.9. The second kappa shape index (κ2) is 11.9. The highest BCUT2D eigenvalue weighted by molar-refractivity contribution is 6.31. The van der Waals surface area contributed by atoms with E-state index in [0.717, 1.165) is 6.07 Å². The first-order valence-electron chi connectivity index (χ1n) is 13.7. The van der Waals surface area contributed by atoms with Crippen LogP contribution in [0.25, 0.3) is 0 Å². The van der Waals surface area contributed by atoms with Crippen molar-refractivity contribution in [1.82, 2.24) is 5.32 Å². The first kappa shape index (κ1) is 32.4. The first-order valence-corrected chi connectivity index (χ1v) is 14.5. The lowest BCUT2D eigenvalue weighted by Gasteiger charge is -2.37. The number of rotatable bonds is 7. The number of carbonyl (C=O) groups excluding carboxylic acids is 1. The highest BCUT2D eigenvalue weighted by Crippen LogP contribution is 2.53. The molecular formula is C33H33Cl2F2N3O3. The van der Waals surface area contributed by atoms with Crippen LogP contribution < -0.4 is 10.6 Å². The van der Waals surface area contributed by atoms with Crippen molar-refractivity contribution in [2.75, 3.05) is 5.32 Å². The summed E-state index contributed by atoms with van der Waals surface area (Å²) < 4.78 is 31.5. The maximum atomic E-state index is 15.8. The van der Waals surface area contributed by atoms with Crippen molar-refractivity contribution >= 4 is 40.8 Å². The van der Waals surface area contributed by atoms with Crippen LogP contribution in [0.3, 0.4) is 0 Å². The Hall–Kier alpha value is -3.51. The van der Waals surface area contributed by atoms with Crippen molar-refractivity contribution in [1.29, 1.82) is 5.26 Å². The number of carboxylic acid groups (broad SMARTS) is 1. The Kier molecular flexibility index (Phi) is 8.95. The van der Waals surface area contributed by atoms with Gasteiger partial charge in [-0.2, -0.15) is 5.26 Å². The van der Waals surface area contributed by atoms with E-state index in [9.17, 15) is 20.0 Å². The highest BCUT2D eigenvalue weighted by Gasteiger charge is 2.61. The number of carbonyl (C=O) groups is 2. The molecule has 43 heavy (non-hydrogen) atoms. The van der Waals surface area contributed by atoms with Gasteiger partial charge in [0.05, 0.1) is 22.5 Å². The number of hydrogen-bond donors (Lipinski definition) is 3. The Morgan fingerprint density at radius 3 is 2.26 bits per heavy atom. The van der Waals surface area contributed by atoms with Crippen LogP contribution in [0, 0.1) is 28.4 Å². The summed E-state index contributed by atoms with van der Waals surface area (Å²) >= 11 is 12.3. The number of hydrogen-bond acceptors (Lipinski definition) is 4. The predicted molar refractivity (Wildman–Crippen MR) is 163 cm³/mol. The molecule has 1 aliphatic heterocycles. The standard InChI is InChI=1S/C33H33Cl2F2N3O3/c1-31(2,3)16-25-33(17-38,22-14-11-19(34)15-24(22)36)26(21-7-6-8-23(35)27(21)37)28(40-25)29(41)39-20-12-9-18(10-13-20)32(4,5)30(42)43/h6-15,25-26,28,40H,16H2,1-5H3,(H,39,41)(H,42,43)/t25-,26-,28+,33-/m0/s1. The van der Waals surface area contributed by atoms with Crippen molar-refractivity contribution in [3.63, 3.8) is 0 Å². The summed E-state index contributed by atoms with van der Waals surface area (Å²) in [7, 11) is 0. The van der Waals surface area contributed by atoms with E-state index in [0.29, 0.717) is 17.7 Å². The van der Waals surface area contributed by atoms with Gasteiger partial charge in [-0.3, -0.25) is 9.59 Å². The lowest BCUT2D eigenvalue weighted by Crippen LogP contribution is -2.45. The molecule has 1 amide bonds. The fourth-order valence-corrected chi connectivity index (χ4v) is 6.21. The van der Waals surface area contributed by atoms with E-state index in [1.54, 1.807) is 38.1 Å². The number of aliphatic carboxylic acids is 1. The highest BCUT2D eigenvalue weighted by atomic mass is 35.5. The Labute approximate surface area is 260 Å². The molecule has 1 saturated heterocycles. The summed E-state index contributed by atoms with van der Waals surface area (Å²) in [6.45, 7) is 9.01. The molecule has 0 aromatic heterocycles. The van der Waals surface area contributed by atoms with E-state index in [2.05, 4.69) is 16.7 Å². The summed E-state index contributed by atoms with van der Waals surface area (Å²) in [6, 6.07) is 15.0. The molecule has 1 aliphatic rings. The summed E-state index contributed by atoms with van der Waals surface area (Å²) in [5.74, 6) is -4.35. The van der Waals surface area contributed by atoms with Crippen molar-refractivity contribution in [3.05, 3.63) is 99.0 Å². The van der Waals surface area contributed by atoms with Crippen LogP contribution in [0.5, 0.6) is 0 Å². The molecule has 0 unspecified atom stereocenters.